The van der Waals surface area contributed by atoms with E-state index in [0.717, 1.165) is 11.3 Å². The average Bonchev–Trinajstić information content (AvgIpc) is 2.37. The van der Waals surface area contributed by atoms with Gasteiger partial charge in [-0.3, -0.25) is 4.79 Å². The Morgan fingerprint density at radius 3 is 2.61 bits per heavy atom. The van der Waals surface area contributed by atoms with E-state index in [1.807, 2.05) is 38.1 Å². The van der Waals surface area contributed by atoms with E-state index in [9.17, 15) is 4.79 Å². The Kier molecular flexibility index (Phi) is 3.81. The normalized spacial score (nSPS) is 10.4. The molecule has 0 atom stereocenters. The summed E-state index contributed by atoms with van der Waals surface area (Å²) in [5.74, 6) is 0.464. The highest BCUT2D eigenvalue weighted by molar-refractivity contribution is 9.10. The van der Waals surface area contributed by atoms with E-state index in [2.05, 4.69) is 21.0 Å². The Hall–Kier alpha value is -1.62. The minimum absolute atomic E-state index is 0.232. The number of hydrogen-bond acceptors (Lipinski definition) is 3. The van der Waals surface area contributed by atoms with Gasteiger partial charge < -0.3 is 4.74 Å². The molecule has 1 aromatic heterocycles. The standard InChI is InChI=1S/C13H13BrN2O2/c1-3-18-11-8-15-16(13(17)12(11)14)10-6-4-9(2)5-7-10/h4-8H,3H2,1-2H3. The molecule has 0 fully saturated rings. The van der Waals surface area contributed by atoms with Crippen LogP contribution in [-0.2, 0) is 0 Å². The largest absolute Gasteiger partial charge is 0.491 e. The smallest absolute Gasteiger partial charge is 0.289 e. The van der Waals surface area contributed by atoms with Crippen LogP contribution in [0.1, 0.15) is 12.5 Å². The molecule has 5 heteroatoms. The molecule has 0 amide bonds. The Bertz CT molecular complexity index is 605. The van der Waals surface area contributed by atoms with Crippen molar-refractivity contribution in [3.63, 3.8) is 0 Å². The van der Waals surface area contributed by atoms with Crippen LogP contribution in [0.2, 0.25) is 0 Å². The number of aromatic nitrogens is 2. The summed E-state index contributed by atoms with van der Waals surface area (Å²) in [6, 6.07) is 7.59. The SMILES string of the molecule is CCOc1cnn(-c2ccc(C)cc2)c(=O)c1Br. The van der Waals surface area contributed by atoms with E-state index in [4.69, 9.17) is 4.74 Å². The van der Waals surface area contributed by atoms with Gasteiger partial charge in [0.1, 0.15) is 4.47 Å². The van der Waals surface area contributed by atoms with Crippen LogP contribution in [0.25, 0.3) is 5.69 Å². The second-order valence-electron chi connectivity index (χ2n) is 3.81. The fourth-order valence-electron chi connectivity index (χ4n) is 1.54. The summed E-state index contributed by atoms with van der Waals surface area (Å²) in [5.41, 5.74) is 1.64. The number of benzene rings is 1. The van der Waals surface area contributed by atoms with Crippen LogP contribution in [0.3, 0.4) is 0 Å². The lowest BCUT2D eigenvalue weighted by molar-refractivity contribution is 0.334. The van der Waals surface area contributed by atoms with Crippen molar-refractivity contribution >= 4 is 15.9 Å². The van der Waals surface area contributed by atoms with Crippen molar-refractivity contribution in [3.05, 3.63) is 50.9 Å². The maximum absolute atomic E-state index is 12.1. The molecule has 0 saturated heterocycles. The highest BCUT2D eigenvalue weighted by atomic mass is 79.9. The summed E-state index contributed by atoms with van der Waals surface area (Å²) in [5, 5.41) is 4.11. The first-order chi connectivity index (χ1) is 8.63. The Balaban J connectivity index is 2.50. The lowest BCUT2D eigenvalue weighted by atomic mass is 10.2. The van der Waals surface area contributed by atoms with Crippen molar-refractivity contribution in [1.82, 2.24) is 9.78 Å². The van der Waals surface area contributed by atoms with Gasteiger partial charge in [0.2, 0.25) is 0 Å². The molecule has 2 aromatic rings. The van der Waals surface area contributed by atoms with Crippen LogP contribution in [0.5, 0.6) is 5.75 Å². The van der Waals surface area contributed by atoms with Gasteiger partial charge in [0.05, 0.1) is 18.5 Å². The molecule has 2 rings (SSSR count). The molecule has 0 unspecified atom stereocenters. The van der Waals surface area contributed by atoms with Gasteiger partial charge in [-0.2, -0.15) is 9.78 Å². The summed E-state index contributed by atoms with van der Waals surface area (Å²) < 4.78 is 7.03. The number of rotatable bonds is 3. The molecule has 0 aliphatic heterocycles. The molecule has 0 aliphatic carbocycles. The predicted octanol–water partition coefficient (Wildman–Crippen LogP) is 2.70. The monoisotopic (exact) mass is 308 g/mol. The topological polar surface area (TPSA) is 44.1 Å². The van der Waals surface area contributed by atoms with Gasteiger partial charge in [-0.25, -0.2) is 0 Å². The summed E-state index contributed by atoms with van der Waals surface area (Å²) in [7, 11) is 0. The van der Waals surface area contributed by atoms with Crippen LogP contribution in [0.15, 0.2) is 39.7 Å². The molecule has 0 saturated carbocycles. The molecule has 0 aliphatic rings. The first-order valence-electron chi connectivity index (χ1n) is 5.61. The molecular weight excluding hydrogens is 296 g/mol. The molecule has 18 heavy (non-hydrogen) atoms. The number of nitrogens with zero attached hydrogens (tertiary/aromatic N) is 2. The lowest BCUT2D eigenvalue weighted by Crippen LogP contribution is -2.22. The van der Waals surface area contributed by atoms with Crippen LogP contribution in [-0.4, -0.2) is 16.4 Å². The zero-order valence-corrected chi connectivity index (χ0v) is 11.8. The predicted molar refractivity (Wildman–Crippen MR) is 73.4 cm³/mol. The molecule has 1 aromatic carbocycles. The molecule has 4 nitrogen and oxygen atoms in total. The molecule has 0 N–H and O–H groups in total. The highest BCUT2D eigenvalue weighted by Crippen LogP contribution is 2.19. The zero-order valence-electron chi connectivity index (χ0n) is 10.2. The average molecular weight is 309 g/mol. The molecule has 0 bridgehead atoms. The van der Waals surface area contributed by atoms with Crippen molar-refractivity contribution in [2.45, 2.75) is 13.8 Å². The molecule has 1 heterocycles. The fourth-order valence-corrected chi connectivity index (χ4v) is 1.93. The van der Waals surface area contributed by atoms with E-state index in [1.165, 1.54) is 10.9 Å². The van der Waals surface area contributed by atoms with E-state index in [-0.39, 0.29) is 5.56 Å². The fraction of sp³-hybridized carbons (Fsp3) is 0.231. The third-order valence-electron chi connectivity index (χ3n) is 2.47. The third kappa shape index (κ3) is 2.46. The van der Waals surface area contributed by atoms with E-state index >= 15 is 0 Å². The number of hydrogen-bond donors (Lipinski definition) is 0. The van der Waals surface area contributed by atoms with Gasteiger partial charge in [-0.1, -0.05) is 17.7 Å². The van der Waals surface area contributed by atoms with Gasteiger partial charge in [-0.05, 0) is 41.9 Å². The zero-order chi connectivity index (χ0) is 13.1. The first kappa shape index (κ1) is 12.8. The Morgan fingerprint density at radius 2 is 2.00 bits per heavy atom. The van der Waals surface area contributed by atoms with Crippen LogP contribution >= 0.6 is 15.9 Å². The number of ether oxygens (including phenoxy) is 1. The van der Waals surface area contributed by atoms with Gasteiger partial charge in [-0.15, -0.1) is 0 Å². The van der Waals surface area contributed by atoms with E-state index < -0.39 is 0 Å². The van der Waals surface area contributed by atoms with Gasteiger partial charge >= 0.3 is 0 Å². The molecule has 0 spiro atoms. The Labute approximate surface area is 113 Å². The maximum Gasteiger partial charge on any atom is 0.289 e. The first-order valence-corrected chi connectivity index (χ1v) is 6.40. The van der Waals surface area contributed by atoms with Crippen molar-refractivity contribution in [2.75, 3.05) is 6.61 Å². The van der Waals surface area contributed by atoms with Gasteiger partial charge in [0.25, 0.3) is 5.56 Å². The van der Waals surface area contributed by atoms with Gasteiger partial charge in [0, 0.05) is 0 Å². The summed E-state index contributed by atoms with van der Waals surface area (Å²) in [6.07, 6.45) is 1.54. The molecule has 94 valence electrons. The van der Waals surface area contributed by atoms with Crippen LogP contribution in [0.4, 0.5) is 0 Å². The van der Waals surface area contributed by atoms with E-state index in [0.29, 0.717) is 16.8 Å². The van der Waals surface area contributed by atoms with Crippen molar-refractivity contribution in [3.8, 4) is 11.4 Å². The van der Waals surface area contributed by atoms with Gasteiger partial charge in [0.15, 0.2) is 5.75 Å². The second-order valence-corrected chi connectivity index (χ2v) is 4.60. The summed E-state index contributed by atoms with van der Waals surface area (Å²) in [6.45, 7) is 4.35. The minimum Gasteiger partial charge on any atom is -0.491 e. The second kappa shape index (κ2) is 5.35. The quantitative estimate of drug-likeness (QED) is 0.875. The molecule has 0 radical (unpaired) electrons. The highest BCUT2D eigenvalue weighted by Gasteiger charge is 2.10. The lowest BCUT2D eigenvalue weighted by Gasteiger charge is -2.08. The van der Waals surface area contributed by atoms with Crippen LogP contribution < -0.4 is 10.3 Å². The molecular formula is C13H13BrN2O2. The minimum atomic E-state index is -0.232. The Morgan fingerprint density at radius 1 is 1.33 bits per heavy atom. The number of halogens is 1. The van der Waals surface area contributed by atoms with Crippen molar-refractivity contribution in [1.29, 1.82) is 0 Å². The van der Waals surface area contributed by atoms with E-state index in [1.54, 1.807) is 0 Å². The number of aryl methyl sites for hydroxylation is 1. The third-order valence-corrected chi connectivity index (χ3v) is 3.20. The summed E-state index contributed by atoms with van der Waals surface area (Å²) >= 11 is 3.25. The maximum atomic E-state index is 12.1. The van der Waals surface area contributed by atoms with Crippen molar-refractivity contribution < 1.29 is 4.74 Å². The summed E-state index contributed by atoms with van der Waals surface area (Å²) in [4.78, 5) is 12.1. The van der Waals surface area contributed by atoms with Crippen LogP contribution in [0, 0.1) is 6.92 Å². The van der Waals surface area contributed by atoms with Crippen molar-refractivity contribution in [2.24, 2.45) is 0 Å².